The van der Waals surface area contributed by atoms with Crippen LogP contribution >= 0.6 is 38.9 Å². The third kappa shape index (κ3) is 3.25. The van der Waals surface area contributed by atoms with Crippen molar-refractivity contribution < 1.29 is 4.79 Å². The molecule has 0 aliphatic heterocycles. The van der Waals surface area contributed by atoms with Gasteiger partial charge in [0.1, 0.15) is 5.52 Å². The lowest BCUT2D eigenvalue weighted by Crippen LogP contribution is -2.27. The summed E-state index contributed by atoms with van der Waals surface area (Å²) < 4.78 is 2.40. The average Bonchev–Trinajstić information content (AvgIpc) is 3.29. The van der Waals surface area contributed by atoms with E-state index in [0.29, 0.717) is 15.7 Å². The van der Waals surface area contributed by atoms with Gasteiger partial charge in [-0.2, -0.15) is 5.10 Å². The molecule has 2 aromatic carbocycles. The van der Waals surface area contributed by atoms with Gasteiger partial charge >= 0.3 is 0 Å². The minimum Gasteiger partial charge on any atom is -0.300 e. The number of carbonyl (C=O) groups is 1. The molecule has 0 radical (unpaired) electrons. The van der Waals surface area contributed by atoms with Crippen molar-refractivity contribution >= 4 is 60.8 Å². The van der Waals surface area contributed by atoms with Crippen LogP contribution in [0.4, 0.5) is 5.13 Å². The Morgan fingerprint density at radius 1 is 1.23 bits per heavy atom. The second kappa shape index (κ2) is 7.19. The molecule has 1 atom stereocenters. The van der Waals surface area contributed by atoms with E-state index in [1.807, 2.05) is 54.0 Å². The molecule has 1 N–H and O–H groups in total. The number of anilines is 1. The summed E-state index contributed by atoms with van der Waals surface area (Å²) >= 11 is 11.1. The average molecular weight is 448 g/mol. The lowest BCUT2D eigenvalue weighted by Gasteiger charge is -2.17. The number of aromatic nitrogens is 3. The summed E-state index contributed by atoms with van der Waals surface area (Å²) in [7, 11) is 0. The maximum atomic E-state index is 13.0. The largest absolute Gasteiger partial charge is 0.300 e. The Bertz CT molecular complexity index is 1070. The van der Waals surface area contributed by atoms with Gasteiger partial charge in [0, 0.05) is 27.6 Å². The lowest BCUT2D eigenvalue weighted by atomic mass is 10.1. The number of nitrogens with zero attached hydrogens (tertiary/aromatic N) is 3. The second-order valence-electron chi connectivity index (χ2n) is 5.55. The molecule has 0 aliphatic rings. The van der Waals surface area contributed by atoms with Crippen molar-refractivity contribution in [1.29, 1.82) is 0 Å². The maximum absolute atomic E-state index is 13.0. The normalized spacial score (nSPS) is 12.2. The Morgan fingerprint density at radius 2 is 2.04 bits per heavy atom. The zero-order chi connectivity index (χ0) is 18.1. The van der Waals surface area contributed by atoms with Gasteiger partial charge in [0.25, 0.3) is 5.91 Å². The topological polar surface area (TPSA) is 59.8 Å². The molecule has 0 spiro atoms. The van der Waals surface area contributed by atoms with Crippen LogP contribution < -0.4 is 5.32 Å². The van der Waals surface area contributed by atoms with Crippen LogP contribution in [0.15, 0.2) is 64.7 Å². The standard InChI is InChI=1S/C18H12BrClN4OS/c19-13-7-6-12-10-24(23-15(12)14(13)20)16(11-4-2-1-3-5-11)17(25)22-18-21-8-9-26-18/h1-10,16H,(H,21,22,25)/t16-/m1/s1. The molecule has 8 heteroatoms. The van der Waals surface area contributed by atoms with Gasteiger partial charge in [0.2, 0.25) is 0 Å². The molecule has 5 nitrogen and oxygen atoms in total. The Balaban J connectivity index is 1.80. The number of hydrogen-bond acceptors (Lipinski definition) is 4. The SMILES string of the molecule is O=C(Nc1nccs1)[C@@H](c1ccccc1)n1cc2ccc(Br)c(Cl)c2n1. The highest BCUT2D eigenvalue weighted by Crippen LogP contribution is 2.31. The molecule has 0 unspecified atom stereocenters. The quantitative estimate of drug-likeness (QED) is 0.471. The molecule has 130 valence electrons. The predicted molar refractivity (Wildman–Crippen MR) is 108 cm³/mol. The van der Waals surface area contributed by atoms with Gasteiger partial charge in [-0.05, 0) is 33.6 Å². The number of rotatable bonds is 4. The van der Waals surface area contributed by atoms with E-state index in [9.17, 15) is 4.79 Å². The third-order valence-electron chi connectivity index (χ3n) is 3.88. The maximum Gasteiger partial charge on any atom is 0.255 e. The van der Waals surface area contributed by atoms with Crippen molar-refractivity contribution in [3.05, 3.63) is 75.3 Å². The number of fused-ring (bicyclic) bond motifs is 1. The van der Waals surface area contributed by atoms with E-state index in [1.165, 1.54) is 11.3 Å². The van der Waals surface area contributed by atoms with Crippen molar-refractivity contribution in [3.8, 4) is 0 Å². The molecule has 0 fully saturated rings. The minimum absolute atomic E-state index is 0.214. The van der Waals surface area contributed by atoms with Crippen molar-refractivity contribution in [2.75, 3.05) is 5.32 Å². The van der Waals surface area contributed by atoms with Crippen molar-refractivity contribution in [1.82, 2.24) is 14.8 Å². The van der Waals surface area contributed by atoms with E-state index in [0.717, 1.165) is 15.4 Å². The molecular weight excluding hydrogens is 436 g/mol. The lowest BCUT2D eigenvalue weighted by molar-refractivity contribution is -0.118. The number of amides is 1. The van der Waals surface area contributed by atoms with Crippen LogP contribution in [0.1, 0.15) is 11.6 Å². The first kappa shape index (κ1) is 17.2. The van der Waals surface area contributed by atoms with Crippen molar-refractivity contribution in [3.63, 3.8) is 0 Å². The highest BCUT2D eigenvalue weighted by molar-refractivity contribution is 9.10. The first-order valence-electron chi connectivity index (χ1n) is 7.71. The van der Waals surface area contributed by atoms with Crippen LogP contribution in [-0.4, -0.2) is 20.7 Å². The molecule has 1 amide bonds. The molecule has 0 bridgehead atoms. The fourth-order valence-electron chi connectivity index (χ4n) is 2.70. The van der Waals surface area contributed by atoms with Gasteiger partial charge in [-0.1, -0.05) is 41.9 Å². The second-order valence-corrected chi connectivity index (χ2v) is 7.67. The van der Waals surface area contributed by atoms with Gasteiger partial charge in [-0.15, -0.1) is 11.3 Å². The van der Waals surface area contributed by atoms with E-state index >= 15 is 0 Å². The zero-order valence-electron chi connectivity index (χ0n) is 13.3. The van der Waals surface area contributed by atoms with Crippen molar-refractivity contribution in [2.45, 2.75) is 6.04 Å². The number of benzene rings is 2. The van der Waals surface area contributed by atoms with Crippen LogP contribution in [-0.2, 0) is 4.79 Å². The molecule has 2 heterocycles. The number of halogens is 2. The summed E-state index contributed by atoms with van der Waals surface area (Å²) in [5, 5.41) is 11.2. The summed E-state index contributed by atoms with van der Waals surface area (Å²) in [4.78, 5) is 17.1. The Labute approximate surface area is 166 Å². The zero-order valence-corrected chi connectivity index (χ0v) is 16.4. The number of carbonyl (C=O) groups excluding carboxylic acids is 1. The number of hydrogen-bond donors (Lipinski definition) is 1. The smallest absolute Gasteiger partial charge is 0.255 e. The van der Waals surface area contributed by atoms with E-state index in [4.69, 9.17) is 11.6 Å². The van der Waals surface area contributed by atoms with Crippen LogP contribution in [0, 0.1) is 0 Å². The van der Waals surface area contributed by atoms with Gasteiger partial charge in [-0.3, -0.25) is 14.8 Å². The van der Waals surface area contributed by atoms with E-state index < -0.39 is 6.04 Å². The van der Waals surface area contributed by atoms with E-state index in [1.54, 1.807) is 10.9 Å². The third-order valence-corrected chi connectivity index (χ3v) is 5.84. The van der Waals surface area contributed by atoms with E-state index in [-0.39, 0.29) is 5.91 Å². The van der Waals surface area contributed by atoms with Crippen molar-refractivity contribution in [2.24, 2.45) is 0 Å². The van der Waals surface area contributed by atoms with Crippen LogP contribution in [0.25, 0.3) is 10.9 Å². The van der Waals surface area contributed by atoms with Crippen LogP contribution in [0.2, 0.25) is 5.02 Å². The summed E-state index contributed by atoms with van der Waals surface area (Å²) in [5.74, 6) is -0.214. The molecular formula is C18H12BrClN4OS. The molecule has 26 heavy (non-hydrogen) atoms. The van der Waals surface area contributed by atoms with E-state index in [2.05, 4.69) is 31.3 Å². The number of thiazole rings is 1. The first-order valence-corrected chi connectivity index (χ1v) is 9.77. The van der Waals surface area contributed by atoms with Gasteiger partial charge in [-0.25, -0.2) is 4.98 Å². The Hall–Kier alpha value is -2.22. The van der Waals surface area contributed by atoms with Crippen LogP contribution in [0.3, 0.4) is 0 Å². The van der Waals surface area contributed by atoms with Gasteiger partial charge in [0.15, 0.2) is 11.2 Å². The fraction of sp³-hybridized carbons (Fsp3) is 0.0556. The van der Waals surface area contributed by atoms with Crippen LogP contribution in [0.5, 0.6) is 0 Å². The summed E-state index contributed by atoms with van der Waals surface area (Å²) in [6.45, 7) is 0. The minimum atomic E-state index is -0.637. The predicted octanol–water partition coefficient (Wildman–Crippen LogP) is 5.14. The summed E-state index contributed by atoms with van der Waals surface area (Å²) in [5.41, 5.74) is 1.47. The molecule has 2 aromatic heterocycles. The van der Waals surface area contributed by atoms with Gasteiger partial charge < -0.3 is 0 Å². The summed E-state index contributed by atoms with van der Waals surface area (Å²) in [6.07, 6.45) is 3.48. The molecule has 0 aliphatic carbocycles. The Morgan fingerprint density at radius 3 is 2.77 bits per heavy atom. The summed E-state index contributed by atoms with van der Waals surface area (Å²) in [6, 6.07) is 12.6. The monoisotopic (exact) mass is 446 g/mol. The number of nitrogens with one attached hydrogen (secondary N) is 1. The molecule has 4 aromatic rings. The first-order chi connectivity index (χ1) is 12.6. The molecule has 0 saturated carbocycles. The molecule has 4 rings (SSSR count). The molecule has 0 saturated heterocycles. The highest BCUT2D eigenvalue weighted by atomic mass is 79.9. The highest BCUT2D eigenvalue weighted by Gasteiger charge is 2.25. The fourth-order valence-corrected chi connectivity index (χ4v) is 3.76. The Kier molecular flexibility index (Phi) is 4.76. The van der Waals surface area contributed by atoms with Gasteiger partial charge in [0.05, 0.1) is 5.02 Å².